The fourth-order valence-electron chi connectivity index (χ4n) is 6.71. The molecule has 5 atom stereocenters. The molecule has 26 heavy (non-hydrogen) atoms. The lowest BCUT2D eigenvalue weighted by Crippen LogP contribution is -2.30. The second-order valence-corrected chi connectivity index (χ2v) is 10.5. The Labute approximate surface area is 164 Å². The van der Waals surface area contributed by atoms with E-state index in [1.54, 1.807) is 12.8 Å². The lowest BCUT2D eigenvalue weighted by molar-refractivity contribution is 0.110. The van der Waals surface area contributed by atoms with Gasteiger partial charge >= 0.3 is 0 Å². The molecule has 0 spiro atoms. The summed E-state index contributed by atoms with van der Waals surface area (Å²) in [5.41, 5.74) is 6.02. The first-order valence-electron chi connectivity index (χ1n) is 12.5. The summed E-state index contributed by atoms with van der Waals surface area (Å²) in [7, 11) is 0. The summed E-state index contributed by atoms with van der Waals surface area (Å²) < 4.78 is 0. The summed E-state index contributed by atoms with van der Waals surface area (Å²) in [6, 6.07) is 0. The van der Waals surface area contributed by atoms with Gasteiger partial charge in [-0.25, -0.2) is 0 Å². The summed E-state index contributed by atoms with van der Waals surface area (Å²) >= 11 is 0. The standard InChI is InChI=1S/C25H47N/c1-20-9-6-7-14-25(20)24-18-22(15-16-26)10-4-2-3-5-11-23(19-24)17-21-12-8-13-21/h20-25H,2-19,26H2,1H3. The zero-order chi connectivity index (χ0) is 18.2. The molecule has 3 aliphatic carbocycles. The van der Waals surface area contributed by atoms with Gasteiger partial charge in [0.15, 0.2) is 0 Å². The monoisotopic (exact) mass is 361 g/mol. The Morgan fingerprint density at radius 3 is 1.92 bits per heavy atom. The van der Waals surface area contributed by atoms with E-state index >= 15 is 0 Å². The van der Waals surface area contributed by atoms with Crippen LogP contribution in [0, 0.1) is 35.5 Å². The summed E-state index contributed by atoms with van der Waals surface area (Å²) in [6.07, 6.45) is 25.4. The first-order valence-corrected chi connectivity index (χ1v) is 12.5. The lowest BCUT2D eigenvalue weighted by Gasteiger charge is -2.40. The number of rotatable bonds is 5. The highest BCUT2D eigenvalue weighted by molar-refractivity contribution is 4.84. The van der Waals surface area contributed by atoms with Gasteiger partial charge in [-0.1, -0.05) is 84.0 Å². The molecule has 3 saturated carbocycles. The van der Waals surface area contributed by atoms with Gasteiger partial charge in [0.2, 0.25) is 0 Å². The number of hydrogen-bond acceptors (Lipinski definition) is 1. The van der Waals surface area contributed by atoms with Gasteiger partial charge in [-0.05, 0) is 74.2 Å². The van der Waals surface area contributed by atoms with Crippen LogP contribution in [0.15, 0.2) is 0 Å². The van der Waals surface area contributed by atoms with Gasteiger partial charge in [-0.15, -0.1) is 0 Å². The highest BCUT2D eigenvalue weighted by Gasteiger charge is 2.33. The molecule has 0 aromatic rings. The van der Waals surface area contributed by atoms with Crippen LogP contribution >= 0.6 is 0 Å². The minimum atomic E-state index is 0.906. The Morgan fingerprint density at radius 2 is 1.27 bits per heavy atom. The number of hydrogen-bond donors (Lipinski definition) is 1. The second kappa shape index (κ2) is 11.1. The van der Waals surface area contributed by atoms with E-state index in [-0.39, 0.29) is 0 Å². The van der Waals surface area contributed by atoms with Crippen LogP contribution in [-0.4, -0.2) is 6.54 Å². The van der Waals surface area contributed by atoms with Gasteiger partial charge < -0.3 is 5.73 Å². The molecule has 3 rings (SSSR count). The zero-order valence-corrected chi connectivity index (χ0v) is 17.8. The molecule has 0 aliphatic heterocycles. The van der Waals surface area contributed by atoms with Gasteiger partial charge in [0.1, 0.15) is 0 Å². The van der Waals surface area contributed by atoms with E-state index in [1.165, 1.54) is 96.3 Å². The SMILES string of the molecule is CC1CCCCC1C1CC(CCN)CCCCCCC(CC2CCC2)C1. The van der Waals surface area contributed by atoms with Crippen LogP contribution in [0.5, 0.6) is 0 Å². The molecule has 2 N–H and O–H groups in total. The maximum Gasteiger partial charge on any atom is -0.00746 e. The van der Waals surface area contributed by atoms with Gasteiger partial charge in [-0.3, -0.25) is 0 Å². The molecule has 0 radical (unpaired) electrons. The topological polar surface area (TPSA) is 26.0 Å². The van der Waals surface area contributed by atoms with Crippen molar-refractivity contribution in [1.82, 2.24) is 0 Å². The van der Waals surface area contributed by atoms with Crippen molar-refractivity contribution in [3.05, 3.63) is 0 Å². The molecule has 5 unspecified atom stereocenters. The Hall–Kier alpha value is -0.0400. The molecular formula is C25H47N. The largest absolute Gasteiger partial charge is 0.330 e. The molecule has 3 aliphatic rings. The third kappa shape index (κ3) is 6.25. The molecule has 1 nitrogen and oxygen atoms in total. The van der Waals surface area contributed by atoms with Crippen LogP contribution in [0.4, 0.5) is 0 Å². The van der Waals surface area contributed by atoms with Crippen LogP contribution in [0.1, 0.15) is 116 Å². The summed E-state index contributed by atoms with van der Waals surface area (Å²) in [5, 5.41) is 0. The predicted octanol–water partition coefficient (Wildman–Crippen LogP) is 7.33. The smallest absolute Gasteiger partial charge is 0.00746 e. The zero-order valence-electron chi connectivity index (χ0n) is 17.8. The van der Waals surface area contributed by atoms with Gasteiger partial charge in [0.05, 0.1) is 0 Å². The van der Waals surface area contributed by atoms with Crippen LogP contribution in [-0.2, 0) is 0 Å². The van der Waals surface area contributed by atoms with Crippen LogP contribution < -0.4 is 5.73 Å². The van der Waals surface area contributed by atoms with E-state index in [4.69, 9.17) is 5.73 Å². The first kappa shape index (κ1) is 20.7. The summed E-state index contributed by atoms with van der Waals surface area (Å²) in [6.45, 7) is 3.48. The Kier molecular flexibility index (Phi) is 8.82. The van der Waals surface area contributed by atoms with Crippen LogP contribution in [0.25, 0.3) is 0 Å². The average molecular weight is 362 g/mol. The van der Waals surface area contributed by atoms with Crippen molar-refractivity contribution in [2.45, 2.75) is 116 Å². The van der Waals surface area contributed by atoms with Crippen LogP contribution in [0.2, 0.25) is 0 Å². The molecule has 0 amide bonds. The van der Waals surface area contributed by atoms with Crippen molar-refractivity contribution in [3.63, 3.8) is 0 Å². The quantitative estimate of drug-likeness (QED) is 0.545. The molecule has 3 fully saturated rings. The van der Waals surface area contributed by atoms with Crippen molar-refractivity contribution in [2.24, 2.45) is 41.2 Å². The van der Waals surface area contributed by atoms with E-state index in [9.17, 15) is 0 Å². The van der Waals surface area contributed by atoms with Gasteiger partial charge in [0.25, 0.3) is 0 Å². The molecule has 0 heterocycles. The molecule has 1 heteroatoms. The van der Waals surface area contributed by atoms with Crippen molar-refractivity contribution in [2.75, 3.05) is 6.54 Å². The van der Waals surface area contributed by atoms with E-state index in [0.717, 1.165) is 42.1 Å². The molecule has 0 saturated heterocycles. The maximum atomic E-state index is 6.02. The van der Waals surface area contributed by atoms with Gasteiger partial charge in [0, 0.05) is 0 Å². The fourth-order valence-corrected chi connectivity index (χ4v) is 6.71. The normalized spacial score (nSPS) is 38.3. The number of nitrogens with two attached hydrogens (primary N) is 1. The van der Waals surface area contributed by atoms with Crippen molar-refractivity contribution >= 4 is 0 Å². The molecule has 152 valence electrons. The minimum Gasteiger partial charge on any atom is -0.330 e. The molecule has 0 bridgehead atoms. The third-order valence-corrected chi connectivity index (χ3v) is 8.50. The van der Waals surface area contributed by atoms with E-state index in [1.807, 2.05) is 0 Å². The summed E-state index contributed by atoms with van der Waals surface area (Å²) in [4.78, 5) is 0. The third-order valence-electron chi connectivity index (χ3n) is 8.50. The average Bonchev–Trinajstić information content (AvgIpc) is 2.64. The van der Waals surface area contributed by atoms with Crippen molar-refractivity contribution in [3.8, 4) is 0 Å². The molecular weight excluding hydrogens is 314 g/mol. The van der Waals surface area contributed by atoms with Gasteiger partial charge in [-0.2, -0.15) is 0 Å². The minimum absolute atomic E-state index is 0.906. The van der Waals surface area contributed by atoms with Crippen molar-refractivity contribution in [1.29, 1.82) is 0 Å². The maximum absolute atomic E-state index is 6.02. The van der Waals surface area contributed by atoms with Crippen LogP contribution in [0.3, 0.4) is 0 Å². The predicted molar refractivity (Wildman–Crippen MR) is 114 cm³/mol. The van der Waals surface area contributed by atoms with E-state index in [2.05, 4.69) is 6.92 Å². The molecule has 0 aromatic carbocycles. The Balaban J connectivity index is 1.69. The highest BCUT2D eigenvalue weighted by Crippen LogP contribution is 2.44. The lowest BCUT2D eigenvalue weighted by atomic mass is 9.66. The second-order valence-electron chi connectivity index (χ2n) is 10.5. The van der Waals surface area contributed by atoms with Crippen molar-refractivity contribution < 1.29 is 0 Å². The fraction of sp³-hybridized carbons (Fsp3) is 1.00. The highest BCUT2D eigenvalue weighted by atomic mass is 14.5. The summed E-state index contributed by atoms with van der Waals surface area (Å²) in [5.74, 6) is 6.05. The molecule has 0 aromatic heterocycles. The Morgan fingerprint density at radius 1 is 0.654 bits per heavy atom. The van der Waals surface area contributed by atoms with E-state index in [0.29, 0.717) is 0 Å². The Bertz CT molecular complexity index is 374. The first-order chi connectivity index (χ1) is 12.8. The van der Waals surface area contributed by atoms with E-state index < -0.39 is 0 Å².